The van der Waals surface area contributed by atoms with E-state index in [1.165, 1.54) is 0 Å². The highest BCUT2D eigenvalue weighted by Gasteiger charge is 2.25. The lowest BCUT2D eigenvalue weighted by molar-refractivity contribution is -0.0772. The summed E-state index contributed by atoms with van der Waals surface area (Å²) in [5, 5.41) is 9.73. The number of aliphatic hydroxyl groups excluding tert-OH is 1. The van der Waals surface area contributed by atoms with Crippen molar-refractivity contribution in [1.82, 2.24) is 4.90 Å². The molecule has 1 aromatic rings. The average molecular weight is 298 g/mol. The van der Waals surface area contributed by atoms with Gasteiger partial charge in [-0.15, -0.1) is 0 Å². The molecule has 1 aliphatic heterocycles. The minimum atomic E-state index is -0.146. The number of nitrogens with zero attached hydrogens (tertiary/aromatic N) is 1. The van der Waals surface area contributed by atoms with Crippen LogP contribution >= 0.6 is 11.6 Å². The Hall–Kier alpha value is -0.940. The monoisotopic (exact) mass is 297 g/mol. The maximum absolute atomic E-state index is 12.1. The molecule has 0 saturated carbocycles. The predicted octanol–water partition coefficient (Wildman–Crippen LogP) is 1.99. The summed E-state index contributed by atoms with van der Waals surface area (Å²) >= 11 is 5.89. The van der Waals surface area contributed by atoms with Crippen LogP contribution in [-0.4, -0.2) is 54.2 Å². The molecule has 1 aromatic carbocycles. The van der Waals surface area contributed by atoms with Crippen LogP contribution in [0.15, 0.2) is 24.3 Å². The van der Waals surface area contributed by atoms with Crippen LogP contribution in [0.4, 0.5) is 0 Å². The summed E-state index contributed by atoms with van der Waals surface area (Å²) < 4.78 is 5.48. The number of hydrogen-bond acceptors (Lipinski definition) is 4. The van der Waals surface area contributed by atoms with E-state index >= 15 is 0 Å². The van der Waals surface area contributed by atoms with Crippen molar-refractivity contribution in [3.05, 3.63) is 34.9 Å². The van der Waals surface area contributed by atoms with E-state index in [0.29, 0.717) is 36.7 Å². The standard InChI is InChI=1S/C15H20ClNO3/c1-11-10-20-14(9-18)8-17(11)6-5-15(19)12-3-2-4-13(16)7-12/h2-4,7,11,14,18H,5-6,8-10H2,1H3. The Bertz CT molecular complexity index is 466. The Balaban J connectivity index is 1.89. The van der Waals surface area contributed by atoms with Gasteiger partial charge in [-0.3, -0.25) is 9.69 Å². The van der Waals surface area contributed by atoms with Crippen molar-refractivity contribution >= 4 is 17.4 Å². The van der Waals surface area contributed by atoms with Gasteiger partial charge in [0, 0.05) is 36.1 Å². The Morgan fingerprint density at radius 2 is 2.35 bits per heavy atom. The number of benzene rings is 1. The molecule has 0 spiro atoms. The normalized spacial score (nSPS) is 23.8. The highest BCUT2D eigenvalue weighted by atomic mass is 35.5. The molecular weight excluding hydrogens is 278 g/mol. The zero-order valence-electron chi connectivity index (χ0n) is 11.6. The fourth-order valence-electron chi connectivity index (χ4n) is 2.35. The number of carbonyl (C=O) groups excluding carboxylic acids is 1. The number of morpholine rings is 1. The van der Waals surface area contributed by atoms with E-state index in [-0.39, 0.29) is 24.5 Å². The number of carbonyl (C=O) groups is 1. The molecule has 4 nitrogen and oxygen atoms in total. The summed E-state index contributed by atoms with van der Waals surface area (Å²) in [7, 11) is 0. The van der Waals surface area contributed by atoms with Crippen molar-refractivity contribution in [2.24, 2.45) is 0 Å². The SMILES string of the molecule is CC1COC(CO)CN1CCC(=O)c1cccc(Cl)c1. The first kappa shape index (κ1) is 15.4. The van der Waals surface area contributed by atoms with E-state index in [9.17, 15) is 4.79 Å². The fourth-order valence-corrected chi connectivity index (χ4v) is 2.54. The largest absolute Gasteiger partial charge is 0.394 e. The molecule has 1 saturated heterocycles. The van der Waals surface area contributed by atoms with Gasteiger partial charge < -0.3 is 9.84 Å². The van der Waals surface area contributed by atoms with Gasteiger partial charge in [0.25, 0.3) is 0 Å². The minimum Gasteiger partial charge on any atom is -0.394 e. The van der Waals surface area contributed by atoms with Gasteiger partial charge in [-0.2, -0.15) is 0 Å². The van der Waals surface area contributed by atoms with Gasteiger partial charge in [0.15, 0.2) is 5.78 Å². The zero-order chi connectivity index (χ0) is 14.5. The minimum absolute atomic E-state index is 0.0193. The molecule has 0 bridgehead atoms. The third-order valence-electron chi connectivity index (χ3n) is 3.61. The van der Waals surface area contributed by atoms with Crippen LogP contribution in [0.1, 0.15) is 23.7 Å². The van der Waals surface area contributed by atoms with Gasteiger partial charge >= 0.3 is 0 Å². The maximum Gasteiger partial charge on any atom is 0.164 e. The highest BCUT2D eigenvalue weighted by Crippen LogP contribution is 2.15. The predicted molar refractivity (Wildman–Crippen MR) is 78.3 cm³/mol. The quantitative estimate of drug-likeness (QED) is 0.845. The van der Waals surface area contributed by atoms with Crippen LogP contribution in [0, 0.1) is 0 Å². The van der Waals surface area contributed by atoms with Crippen LogP contribution < -0.4 is 0 Å². The van der Waals surface area contributed by atoms with E-state index < -0.39 is 0 Å². The first-order chi connectivity index (χ1) is 9.60. The summed E-state index contributed by atoms with van der Waals surface area (Å²) in [6.45, 7) is 4.02. The summed E-state index contributed by atoms with van der Waals surface area (Å²) in [6, 6.07) is 7.30. The number of rotatable bonds is 5. The Morgan fingerprint density at radius 1 is 1.55 bits per heavy atom. The second kappa shape index (κ2) is 7.18. The van der Waals surface area contributed by atoms with Gasteiger partial charge in [0.2, 0.25) is 0 Å². The molecule has 1 heterocycles. The first-order valence-corrected chi connectivity index (χ1v) is 7.23. The topological polar surface area (TPSA) is 49.8 Å². The lowest BCUT2D eigenvalue weighted by Crippen LogP contribution is -2.49. The number of aliphatic hydroxyl groups is 1. The lowest BCUT2D eigenvalue weighted by Gasteiger charge is -2.37. The number of ketones is 1. The van der Waals surface area contributed by atoms with E-state index in [4.69, 9.17) is 21.4 Å². The number of halogens is 1. The van der Waals surface area contributed by atoms with Crippen molar-refractivity contribution < 1.29 is 14.6 Å². The molecule has 1 fully saturated rings. The van der Waals surface area contributed by atoms with Crippen LogP contribution in [0.25, 0.3) is 0 Å². The molecule has 0 aliphatic carbocycles. The van der Waals surface area contributed by atoms with Gasteiger partial charge in [-0.1, -0.05) is 23.7 Å². The lowest BCUT2D eigenvalue weighted by atomic mass is 10.1. The highest BCUT2D eigenvalue weighted by molar-refractivity contribution is 6.31. The van der Waals surface area contributed by atoms with Crippen molar-refractivity contribution in [3.8, 4) is 0 Å². The zero-order valence-corrected chi connectivity index (χ0v) is 12.3. The molecular formula is C15H20ClNO3. The molecule has 2 unspecified atom stereocenters. The smallest absolute Gasteiger partial charge is 0.164 e. The molecule has 1 aliphatic rings. The molecule has 2 rings (SSSR count). The van der Waals surface area contributed by atoms with Gasteiger partial charge in [-0.25, -0.2) is 0 Å². The van der Waals surface area contributed by atoms with Gasteiger partial charge in [0.1, 0.15) is 0 Å². The van der Waals surface area contributed by atoms with E-state index in [1.807, 2.05) is 0 Å². The van der Waals surface area contributed by atoms with E-state index in [2.05, 4.69) is 11.8 Å². The molecule has 0 aromatic heterocycles. The molecule has 0 radical (unpaired) electrons. The Kier molecular flexibility index (Phi) is 5.54. The molecule has 2 atom stereocenters. The number of ether oxygens (including phenoxy) is 1. The van der Waals surface area contributed by atoms with Crippen molar-refractivity contribution in [3.63, 3.8) is 0 Å². The molecule has 1 N–H and O–H groups in total. The first-order valence-electron chi connectivity index (χ1n) is 6.85. The Labute approximate surface area is 124 Å². The average Bonchev–Trinajstić information content (AvgIpc) is 2.46. The number of hydrogen-bond donors (Lipinski definition) is 1. The second-order valence-electron chi connectivity index (χ2n) is 5.17. The molecule has 20 heavy (non-hydrogen) atoms. The second-order valence-corrected chi connectivity index (χ2v) is 5.60. The summed E-state index contributed by atoms with van der Waals surface area (Å²) in [6.07, 6.45) is 0.301. The summed E-state index contributed by atoms with van der Waals surface area (Å²) in [5.41, 5.74) is 0.650. The van der Waals surface area contributed by atoms with Crippen molar-refractivity contribution in [2.75, 3.05) is 26.3 Å². The van der Waals surface area contributed by atoms with Crippen LogP contribution in [-0.2, 0) is 4.74 Å². The fraction of sp³-hybridized carbons (Fsp3) is 0.533. The van der Waals surface area contributed by atoms with E-state index in [0.717, 1.165) is 0 Å². The van der Waals surface area contributed by atoms with Crippen molar-refractivity contribution in [1.29, 1.82) is 0 Å². The van der Waals surface area contributed by atoms with Gasteiger partial charge in [0.05, 0.1) is 19.3 Å². The summed E-state index contributed by atoms with van der Waals surface area (Å²) in [5.74, 6) is 0.0896. The Morgan fingerprint density at radius 3 is 3.05 bits per heavy atom. The van der Waals surface area contributed by atoms with Crippen LogP contribution in [0.5, 0.6) is 0 Å². The molecule has 5 heteroatoms. The van der Waals surface area contributed by atoms with Gasteiger partial charge in [-0.05, 0) is 19.1 Å². The van der Waals surface area contributed by atoms with Crippen LogP contribution in [0.3, 0.4) is 0 Å². The third kappa shape index (κ3) is 4.03. The molecule has 110 valence electrons. The third-order valence-corrected chi connectivity index (χ3v) is 3.85. The van der Waals surface area contributed by atoms with E-state index in [1.54, 1.807) is 24.3 Å². The van der Waals surface area contributed by atoms with Crippen LogP contribution in [0.2, 0.25) is 5.02 Å². The molecule has 0 amide bonds. The summed E-state index contributed by atoms with van der Waals surface area (Å²) in [4.78, 5) is 14.3. The maximum atomic E-state index is 12.1. The number of Topliss-reactive ketones (excluding diaryl/α,β-unsaturated/α-hetero) is 1. The van der Waals surface area contributed by atoms with Crippen molar-refractivity contribution in [2.45, 2.75) is 25.5 Å².